The van der Waals surface area contributed by atoms with E-state index < -0.39 is 10.0 Å². The highest BCUT2D eigenvalue weighted by Gasteiger charge is 2.25. The molecule has 2 aliphatic heterocycles. The summed E-state index contributed by atoms with van der Waals surface area (Å²) in [6.07, 6.45) is 2.96. The van der Waals surface area contributed by atoms with Crippen molar-refractivity contribution >= 4 is 40.0 Å². The molecular formula is C22H29IN4O4S. The summed E-state index contributed by atoms with van der Waals surface area (Å²) >= 11 is 0. The fraction of sp³-hybridized carbons (Fsp3) is 0.409. The van der Waals surface area contributed by atoms with E-state index in [1.54, 1.807) is 23.5 Å². The molecule has 0 radical (unpaired) electrons. The van der Waals surface area contributed by atoms with E-state index in [9.17, 15) is 8.42 Å². The molecule has 0 amide bonds. The van der Waals surface area contributed by atoms with Gasteiger partial charge in [0.2, 0.25) is 16.8 Å². The Labute approximate surface area is 206 Å². The first-order chi connectivity index (χ1) is 15.1. The van der Waals surface area contributed by atoms with E-state index in [1.807, 2.05) is 30.3 Å². The average molecular weight is 572 g/mol. The van der Waals surface area contributed by atoms with Gasteiger partial charge in [-0.05, 0) is 48.2 Å². The van der Waals surface area contributed by atoms with E-state index in [0.717, 1.165) is 41.9 Å². The van der Waals surface area contributed by atoms with E-state index >= 15 is 0 Å². The molecule has 1 fully saturated rings. The molecule has 0 aromatic heterocycles. The number of fused-ring (bicyclic) bond motifs is 1. The maximum Gasteiger partial charge on any atom is 0.243 e. The third-order valence-electron chi connectivity index (χ3n) is 5.46. The number of nitrogens with zero attached hydrogens (tertiary/aromatic N) is 2. The van der Waals surface area contributed by atoms with Crippen LogP contribution in [0.2, 0.25) is 0 Å². The molecule has 4 rings (SSSR count). The molecule has 1 saturated heterocycles. The summed E-state index contributed by atoms with van der Waals surface area (Å²) in [5.74, 6) is 2.17. The second-order valence-electron chi connectivity index (χ2n) is 7.58. The Morgan fingerprint density at radius 2 is 1.56 bits per heavy atom. The minimum Gasteiger partial charge on any atom is -0.454 e. The van der Waals surface area contributed by atoms with Crippen LogP contribution >= 0.6 is 24.0 Å². The average Bonchev–Trinajstić information content (AvgIpc) is 3.28. The minimum atomic E-state index is -3.40. The number of hydrogen-bond acceptors (Lipinski definition) is 5. The Hall–Kier alpha value is -2.05. The molecule has 0 bridgehead atoms. The zero-order chi connectivity index (χ0) is 21.7. The minimum absolute atomic E-state index is 0. The van der Waals surface area contributed by atoms with Gasteiger partial charge >= 0.3 is 0 Å². The van der Waals surface area contributed by atoms with Crippen LogP contribution in [0.15, 0.2) is 52.4 Å². The fourth-order valence-electron chi connectivity index (χ4n) is 3.68. The van der Waals surface area contributed by atoms with Gasteiger partial charge in [-0.2, -0.15) is 4.31 Å². The lowest BCUT2D eigenvalue weighted by molar-refractivity contribution is 0.174. The van der Waals surface area contributed by atoms with Crippen molar-refractivity contribution in [3.05, 3.63) is 53.6 Å². The summed E-state index contributed by atoms with van der Waals surface area (Å²) in [6.45, 7) is 2.59. The van der Waals surface area contributed by atoms with Gasteiger partial charge in [-0.1, -0.05) is 24.6 Å². The molecule has 8 nitrogen and oxygen atoms in total. The molecule has 174 valence electrons. The van der Waals surface area contributed by atoms with Crippen LogP contribution < -0.4 is 20.1 Å². The molecule has 2 N–H and O–H groups in total. The number of sulfonamides is 1. The fourth-order valence-corrected chi connectivity index (χ4v) is 5.19. The Morgan fingerprint density at radius 1 is 0.938 bits per heavy atom. The van der Waals surface area contributed by atoms with Gasteiger partial charge in [-0.25, -0.2) is 8.42 Å². The van der Waals surface area contributed by atoms with Crippen LogP contribution in [-0.4, -0.2) is 45.6 Å². The number of rotatable bonds is 6. The Kier molecular flexibility index (Phi) is 8.60. The number of halogens is 1. The highest BCUT2D eigenvalue weighted by Crippen LogP contribution is 2.32. The highest BCUT2D eigenvalue weighted by atomic mass is 127. The zero-order valence-corrected chi connectivity index (χ0v) is 21.2. The Balaban J connectivity index is 0.00000289. The largest absolute Gasteiger partial charge is 0.454 e. The van der Waals surface area contributed by atoms with E-state index in [0.29, 0.717) is 37.0 Å². The van der Waals surface area contributed by atoms with Gasteiger partial charge in [-0.3, -0.25) is 4.99 Å². The normalized spacial score (nSPS) is 16.3. The first kappa shape index (κ1) is 24.6. The molecule has 0 unspecified atom stereocenters. The van der Waals surface area contributed by atoms with Gasteiger partial charge in [0.25, 0.3) is 0 Å². The molecular weight excluding hydrogens is 543 g/mol. The van der Waals surface area contributed by atoms with E-state index in [1.165, 1.54) is 0 Å². The molecule has 0 saturated carbocycles. The third kappa shape index (κ3) is 5.84. The van der Waals surface area contributed by atoms with Crippen LogP contribution in [-0.2, 0) is 23.1 Å². The SMILES string of the molecule is CN=C(NCc1ccc(S(=O)(=O)N2CCCCC2)cc1)NCc1ccc2c(c1)OCO2.I. The smallest absolute Gasteiger partial charge is 0.243 e. The standard InChI is InChI=1S/C22H28N4O4S.HI/c1-23-22(25-15-18-7-10-20-21(13-18)30-16-29-20)24-14-17-5-8-19(9-6-17)31(27,28)26-11-3-2-4-12-26;/h5-10,13H,2-4,11-12,14-16H2,1H3,(H2,23,24,25);1H. The number of benzene rings is 2. The second-order valence-corrected chi connectivity index (χ2v) is 9.51. The lowest BCUT2D eigenvalue weighted by Crippen LogP contribution is -2.36. The van der Waals surface area contributed by atoms with Crippen molar-refractivity contribution in [1.29, 1.82) is 0 Å². The van der Waals surface area contributed by atoms with Crippen LogP contribution in [0, 0.1) is 0 Å². The second kappa shape index (κ2) is 11.2. The molecule has 32 heavy (non-hydrogen) atoms. The van der Waals surface area contributed by atoms with Crippen LogP contribution in [0.4, 0.5) is 0 Å². The van der Waals surface area contributed by atoms with Crippen LogP contribution in [0.1, 0.15) is 30.4 Å². The molecule has 0 atom stereocenters. The third-order valence-corrected chi connectivity index (χ3v) is 7.37. The maximum absolute atomic E-state index is 12.8. The molecule has 2 heterocycles. The molecule has 2 aromatic carbocycles. The lowest BCUT2D eigenvalue weighted by atomic mass is 10.2. The predicted molar refractivity (Wildman–Crippen MR) is 134 cm³/mol. The van der Waals surface area contributed by atoms with Crippen LogP contribution in [0.25, 0.3) is 0 Å². The maximum atomic E-state index is 12.8. The number of hydrogen-bond donors (Lipinski definition) is 2. The van der Waals surface area contributed by atoms with Gasteiger partial charge in [0, 0.05) is 33.2 Å². The van der Waals surface area contributed by atoms with Crippen molar-refractivity contribution in [1.82, 2.24) is 14.9 Å². The Morgan fingerprint density at radius 3 is 2.25 bits per heavy atom. The van der Waals surface area contributed by atoms with Crippen molar-refractivity contribution < 1.29 is 17.9 Å². The molecule has 10 heteroatoms. The Bertz CT molecular complexity index is 1040. The number of ether oxygens (including phenoxy) is 2. The number of nitrogens with one attached hydrogen (secondary N) is 2. The number of piperidine rings is 1. The summed E-state index contributed by atoms with van der Waals surface area (Å²) in [5, 5.41) is 6.52. The highest BCUT2D eigenvalue weighted by molar-refractivity contribution is 14.0. The van der Waals surface area contributed by atoms with Gasteiger partial charge < -0.3 is 20.1 Å². The van der Waals surface area contributed by atoms with Gasteiger partial charge in [0.1, 0.15) is 0 Å². The van der Waals surface area contributed by atoms with Crippen molar-refractivity contribution in [3.8, 4) is 11.5 Å². The number of aliphatic imine (C=N–C) groups is 1. The topological polar surface area (TPSA) is 92.3 Å². The van der Waals surface area contributed by atoms with E-state index in [4.69, 9.17) is 9.47 Å². The molecule has 2 aromatic rings. The zero-order valence-electron chi connectivity index (χ0n) is 18.0. The van der Waals surface area contributed by atoms with Gasteiger partial charge in [-0.15, -0.1) is 24.0 Å². The predicted octanol–water partition coefficient (Wildman–Crippen LogP) is 3.07. The monoisotopic (exact) mass is 572 g/mol. The van der Waals surface area contributed by atoms with Crippen molar-refractivity contribution in [2.24, 2.45) is 4.99 Å². The number of guanidine groups is 1. The van der Waals surface area contributed by atoms with E-state index in [-0.39, 0.29) is 30.8 Å². The van der Waals surface area contributed by atoms with Gasteiger partial charge in [0.05, 0.1) is 4.90 Å². The molecule has 0 spiro atoms. The summed E-state index contributed by atoms with van der Waals surface area (Å²) in [5.41, 5.74) is 2.03. The quantitative estimate of drug-likeness (QED) is 0.314. The summed E-state index contributed by atoms with van der Waals surface area (Å²) < 4.78 is 37.9. The molecule has 0 aliphatic carbocycles. The molecule has 2 aliphatic rings. The summed E-state index contributed by atoms with van der Waals surface area (Å²) in [7, 11) is -1.69. The van der Waals surface area contributed by atoms with Crippen LogP contribution in [0.3, 0.4) is 0 Å². The first-order valence-corrected chi connectivity index (χ1v) is 11.9. The van der Waals surface area contributed by atoms with Crippen molar-refractivity contribution in [2.45, 2.75) is 37.2 Å². The first-order valence-electron chi connectivity index (χ1n) is 10.5. The summed E-state index contributed by atoms with van der Waals surface area (Å²) in [4.78, 5) is 4.60. The van der Waals surface area contributed by atoms with E-state index in [2.05, 4.69) is 15.6 Å². The summed E-state index contributed by atoms with van der Waals surface area (Å²) in [6, 6.07) is 12.9. The van der Waals surface area contributed by atoms with Crippen molar-refractivity contribution in [3.63, 3.8) is 0 Å². The van der Waals surface area contributed by atoms with Crippen LogP contribution in [0.5, 0.6) is 11.5 Å². The van der Waals surface area contributed by atoms with Crippen molar-refractivity contribution in [2.75, 3.05) is 26.9 Å². The lowest BCUT2D eigenvalue weighted by Gasteiger charge is -2.25. The van der Waals surface area contributed by atoms with Gasteiger partial charge in [0.15, 0.2) is 17.5 Å².